The number of benzene rings is 2. The molecule has 126 valence electrons. The third-order valence-corrected chi connectivity index (χ3v) is 5.77. The minimum absolute atomic E-state index is 0.0332. The first-order valence-electron chi connectivity index (χ1n) is 8.72. The topological polar surface area (TPSA) is 38.1 Å². The lowest BCUT2D eigenvalue weighted by Gasteiger charge is -2.44. The molecule has 0 radical (unpaired) electrons. The van der Waals surface area contributed by atoms with Crippen LogP contribution in [0, 0.1) is 6.92 Å². The maximum absolute atomic E-state index is 5.18. The summed E-state index contributed by atoms with van der Waals surface area (Å²) in [5.41, 5.74) is 7.60. The van der Waals surface area contributed by atoms with Crippen molar-refractivity contribution in [2.45, 2.75) is 45.6 Å². The normalized spacial score (nSPS) is 17.9. The molecule has 2 heterocycles. The van der Waals surface area contributed by atoms with Crippen LogP contribution in [0.5, 0.6) is 0 Å². The Kier molecular flexibility index (Phi) is 3.33. The van der Waals surface area contributed by atoms with Crippen molar-refractivity contribution in [2.75, 3.05) is 0 Å². The van der Waals surface area contributed by atoms with Gasteiger partial charge in [-0.3, -0.25) is 15.0 Å². The zero-order chi connectivity index (χ0) is 17.8. The zero-order valence-electron chi connectivity index (χ0n) is 15.5. The van der Waals surface area contributed by atoms with Crippen molar-refractivity contribution in [3.63, 3.8) is 0 Å². The van der Waals surface area contributed by atoms with E-state index in [1.54, 1.807) is 12.4 Å². The van der Waals surface area contributed by atoms with E-state index in [1.807, 2.05) is 6.07 Å². The highest BCUT2D eigenvalue weighted by Gasteiger charge is 2.43. The van der Waals surface area contributed by atoms with Crippen molar-refractivity contribution in [1.82, 2.24) is 9.97 Å². The summed E-state index contributed by atoms with van der Waals surface area (Å²) in [4.78, 5) is 14.0. The van der Waals surface area contributed by atoms with Gasteiger partial charge in [-0.25, -0.2) is 0 Å². The summed E-state index contributed by atoms with van der Waals surface area (Å²) in [5, 5.41) is 0. The molecule has 3 aromatic rings. The van der Waals surface area contributed by atoms with Crippen LogP contribution in [-0.2, 0) is 5.41 Å². The van der Waals surface area contributed by atoms with Crippen molar-refractivity contribution in [2.24, 2.45) is 4.99 Å². The molecule has 0 aliphatic carbocycles. The van der Waals surface area contributed by atoms with Crippen LogP contribution in [0.3, 0.4) is 0 Å². The Morgan fingerprint density at radius 3 is 2.28 bits per heavy atom. The maximum atomic E-state index is 5.18. The van der Waals surface area contributed by atoms with Gasteiger partial charge >= 0.3 is 0 Å². The highest BCUT2D eigenvalue weighted by Crippen LogP contribution is 2.44. The Balaban J connectivity index is 1.98. The van der Waals surface area contributed by atoms with Crippen molar-refractivity contribution >= 4 is 16.7 Å². The molecule has 0 saturated heterocycles. The van der Waals surface area contributed by atoms with E-state index < -0.39 is 0 Å². The number of aromatic nitrogens is 2. The third-order valence-electron chi connectivity index (χ3n) is 5.77. The van der Waals surface area contributed by atoms with E-state index in [0.29, 0.717) is 0 Å². The summed E-state index contributed by atoms with van der Waals surface area (Å²) in [7, 11) is 0. The summed E-state index contributed by atoms with van der Waals surface area (Å²) in [6.07, 6.45) is 3.46. The van der Waals surface area contributed by atoms with Gasteiger partial charge in [0.05, 0.1) is 22.3 Å². The molecule has 0 atom stereocenters. The second-order valence-electron chi connectivity index (χ2n) is 7.95. The van der Waals surface area contributed by atoms with E-state index in [2.05, 4.69) is 74.9 Å². The number of aryl methyl sites for hydroxylation is 1. The molecule has 25 heavy (non-hydrogen) atoms. The first-order chi connectivity index (χ1) is 11.8. The molecule has 0 N–H and O–H groups in total. The largest absolute Gasteiger partial charge is 0.277 e. The number of hydrogen-bond acceptors (Lipinski definition) is 3. The zero-order valence-corrected chi connectivity index (χ0v) is 15.5. The molecule has 0 amide bonds. The summed E-state index contributed by atoms with van der Waals surface area (Å²) in [5.74, 6) is 0. The van der Waals surface area contributed by atoms with Gasteiger partial charge in [-0.2, -0.15) is 0 Å². The smallest absolute Gasteiger partial charge is 0.0893 e. The minimum atomic E-state index is -0.194. The molecule has 0 bridgehead atoms. The van der Waals surface area contributed by atoms with Crippen LogP contribution in [0.2, 0.25) is 0 Å². The molecule has 0 unspecified atom stereocenters. The molecule has 0 saturated carbocycles. The molecule has 3 nitrogen and oxygen atoms in total. The van der Waals surface area contributed by atoms with E-state index >= 15 is 0 Å². The lowest BCUT2D eigenvalue weighted by molar-refractivity contribution is 0.303. The molecule has 1 aromatic heterocycles. The average Bonchev–Trinajstić information content (AvgIpc) is 2.58. The maximum Gasteiger partial charge on any atom is 0.0893 e. The lowest BCUT2D eigenvalue weighted by atomic mass is 9.65. The van der Waals surface area contributed by atoms with Gasteiger partial charge in [0, 0.05) is 28.9 Å². The summed E-state index contributed by atoms with van der Waals surface area (Å²) < 4.78 is 0. The predicted octanol–water partition coefficient (Wildman–Crippen LogP) is 4.85. The van der Waals surface area contributed by atoms with Gasteiger partial charge in [-0.05, 0) is 38.5 Å². The summed E-state index contributed by atoms with van der Waals surface area (Å²) >= 11 is 0. The van der Waals surface area contributed by atoms with Crippen LogP contribution >= 0.6 is 0 Å². The standard InChI is InChI=1S/C22H23N3/c1-14-6-8-16-17(12-14)21(2,3)22(4,5)25-20(16)15-7-9-18-19(13-15)24-11-10-23-18/h6-13H,1-5H3. The van der Waals surface area contributed by atoms with Crippen molar-refractivity contribution in [3.05, 3.63) is 71.0 Å². The Bertz CT molecular complexity index is 1010. The quantitative estimate of drug-likeness (QED) is 0.640. The van der Waals surface area contributed by atoms with Crippen molar-refractivity contribution < 1.29 is 0 Å². The van der Waals surface area contributed by atoms with Crippen molar-refractivity contribution in [1.29, 1.82) is 0 Å². The second-order valence-corrected chi connectivity index (χ2v) is 7.95. The predicted molar refractivity (Wildman–Crippen MR) is 103 cm³/mol. The summed E-state index contributed by atoms with van der Waals surface area (Å²) in [6.45, 7) is 11.2. The van der Waals surface area contributed by atoms with Gasteiger partial charge in [0.25, 0.3) is 0 Å². The van der Waals surface area contributed by atoms with Crippen LogP contribution in [-0.4, -0.2) is 21.2 Å². The van der Waals surface area contributed by atoms with E-state index in [4.69, 9.17) is 4.99 Å². The molecule has 3 heteroatoms. The van der Waals surface area contributed by atoms with Crippen molar-refractivity contribution in [3.8, 4) is 0 Å². The monoisotopic (exact) mass is 329 g/mol. The first kappa shape index (κ1) is 15.9. The van der Waals surface area contributed by atoms with Gasteiger partial charge in [-0.1, -0.05) is 43.7 Å². The first-order valence-corrected chi connectivity index (χ1v) is 8.72. The van der Waals surface area contributed by atoms with Crippen LogP contribution in [0.4, 0.5) is 0 Å². The Morgan fingerprint density at radius 2 is 1.52 bits per heavy atom. The average molecular weight is 329 g/mol. The Hall–Kier alpha value is -2.55. The number of fused-ring (bicyclic) bond motifs is 2. The van der Waals surface area contributed by atoms with E-state index in [0.717, 1.165) is 22.3 Å². The SMILES string of the molecule is Cc1ccc2c(c1)C(C)(C)C(C)(C)N=C2c1ccc2nccnc2c1. The van der Waals surface area contributed by atoms with Gasteiger partial charge in [-0.15, -0.1) is 0 Å². The molecule has 0 fully saturated rings. The van der Waals surface area contributed by atoms with Gasteiger partial charge in [0.1, 0.15) is 0 Å². The van der Waals surface area contributed by atoms with Gasteiger partial charge < -0.3 is 0 Å². The van der Waals surface area contributed by atoms with Gasteiger partial charge in [0.15, 0.2) is 0 Å². The Morgan fingerprint density at radius 1 is 0.800 bits per heavy atom. The summed E-state index contributed by atoms with van der Waals surface area (Å²) in [6, 6.07) is 12.9. The Labute approximate surface area is 148 Å². The molecule has 4 rings (SSSR count). The second kappa shape index (κ2) is 5.22. The van der Waals surface area contributed by atoms with Crippen LogP contribution in [0.25, 0.3) is 11.0 Å². The van der Waals surface area contributed by atoms with Gasteiger partial charge in [0.2, 0.25) is 0 Å². The molecule has 2 aromatic carbocycles. The molecule has 1 aliphatic rings. The highest BCUT2D eigenvalue weighted by molar-refractivity contribution is 6.16. The van der Waals surface area contributed by atoms with E-state index in [-0.39, 0.29) is 11.0 Å². The number of nitrogens with zero attached hydrogens (tertiary/aromatic N) is 3. The molecule has 0 spiro atoms. The van der Waals surface area contributed by atoms with Crippen LogP contribution < -0.4 is 0 Å². The van der Waals surface area contributed by atoms with Crippen LogP contribution in [0.1, 0.15) is 49.9 Å². The number of rotatable bonds is 1. The highest BCUT2D eigenvalue weighted by atomic mass is 14.9. The fourth-order valence-electron chi connectivity index (χ4n) is 3.52. The lowest BCUT2D eigenvalue weighted by Crippen LogP contribution is -2.46. The fraction of sp³-hybridized carbons (Fsp3) is 0.318. The number of aliphatic imine (C=N–C) groups is 1. The molecular weight excluding hydrogens is 306 g/mol. The number of hydrogen-bond donors (Lipinski definition) is 0. The van der Waals surface area contributed by atoms with Crippen LogP contribution in [0.15, 0.2) is 53.8 Å². The fourth-order valence-corrected chi connectivity index (χ4v) is 3.52. The van der Waals surface area contributed by atoms with E-state index in [9.17, 15) is 0 Å². The minimum Gasteiger partial charge on any atom is -0.277 e. The third kappa shape index (κ3) is 2.38. The molecule has 1 aliphatic heterocycles. The van der Waals surface area contributed by atoms with E-state index in [1.165, 1.54) is 16.7 Å². The molecular formula is C22H23N3.